The molecule has 0 amide bonds. The van der Waals surface area contributed by atoms with Gasteiger partial charge in [0, 0.05) is 6.42 Å². The molecule has 1 unspecified atom stereocenters. The number of carbonyl (C=O) groups excluding carboxylic acids is 1. The Morgan fingerprint density at radius 1 is 0.750 bits per heavy atom. The maximum absolute atomic E-state index is 13.5. The highest BCUT2D eigenvalue weighted by atomic mass is 31.2. The van der Waals surface area contributed by atoms with Gasteiger partial charge in [0.2, 0.25) is 0 Å². The summed E-state index contributed by atoms with van der Waals surface area (Å²) in [5.41, 5.74) is 0. The molecule has 0 aliphatic rings. The molecular formula is C21H25O14P. The second-order valence-corrected chi connectivity index (χ2v) is 10.0. The maximum atomic E-state index is 13.5. The number of rotatable bonds is 13. The van der Waals surface area contributed by atoms with Gasteiger partial charge in [-0.25, -0.2) is 14.4 Å². The minimum absolute atomic E-state index is 0.0340. The molecule has 0 saturated heterocycles. The Labute approximate surface area is 202 Å². The lowest BCUT2D eigenvalue weighted by atomic mass is 10.1. The molecule has 0 aromatic carbocycles. The SMILES string of the molecule is Cc1oc(=O)oc1COC(=O)CCC(C)CP(=O)(OCc1oc(=O)oc1C)OCc1oc(=O)oc1C. The summed E-state index contributed by atoms with van der Waals surface area (Å²) in [6.07, 6.45) is 0.0927. The molecule has 0 saturated carbocycles. The molecule has 3 aromatic heterocycles. The van der Waals surface area contributed by atoms with Crippen molar-refractivity contribution in [2.45, 2.75) is 60.4 Å². The third-order valence-electron chi connectivity index (χ3n) is 5.03. The Balaban J connectivity index is 1.59. The first-order chi connectivity index (χ1) is 16.9. The number of hydrogen-bond acceptors (Lipinski definition) is 14. The average molecular weight is 532 g/mol. The van der Waals surface area contributed by atoms with Crippen LogP contribution in [0, 0.1) is 26.7 Å². The lowest BCUT2D eigenvalue weighted by molar-refractivity contribution is -0.145. The van der Waals surface area contributed by atoms with Crippen LogP contribution in [0.25, 0.3) is 0 Å². The minimum Gasteiger partial charge on any atom is -0.457 e. The lowest BCUT2D eigenvalue weighted by Crippen LogP contribution is -2.12. The van der Waals surface area contributed by atoms with Crippen LogP contribution in [0.2, 0.25) is 0 Å². The molecule has 198 valence electrons. The molecule has 36 heavy (non-hydrogen) atoms. The van der Waals surface area contributed by atoms with E-state index in [4.69, 9.17) is 40.3 Å². The first kappa shape index (κ1) is 27.2. The quantitative estimate of drug-likeness (QED) is 0.230. The fraction of sp³-hybridized carbons (Fsp3) is 0.524. The Hall–Kier alpha value is -3.35. The molecule has 3 aromatic rings. The highest BCUT2D eigenvalue weighted by molar-refractivity contribution is 7.53. The molecule has 1 atom stereocenters. The van der Waals surface area contributed by atoms with E-state index < -0.39 is 31.0 Å². The van der Waals surface area contributed by atoms with Crippen molar-refractivity contribution >= 4 is 13.6 Å². The molecule has 3 rings (SSSR count). The molecular weight excluding hydrogens is 507 g/mol. The predicted molar refractivity (Wildman–Crippen MR) is 116 cm³/mol. The fourth-order valence-corrected chi connectivity index (χ4v) is 4.89. The highest BCUT2D eigenvalue weighted by Crippen LogP contribution is 2.52. The number of esters is 1. The third-order valence-corrected chi connectivity index (χ3v) is 7.15. The van der Waals surface area contributed by atoms with Crippen molar-refractivity contribution in [2.24, 2.45) is 5.92 Å². The molecule has 0 N–H and O–H groups in total. The molecule has 0 spiro atoms. The number of ether oxygens (including phenoxy) is 1. The number of carbonyl (C=O) groups is 1. The third kappa shape index (κ3) is 7.57. The summed E-state index contributed by atoms with van der Waals surface area (Å²) < 4.78 is 58.3. The summed E-state index contributed by atoms with van der Waals surface area (Å²) >= 11 is 0. The van der Waals surface area contributed by atoms with Gasteiger partial charge < -0.3 is 40.3 Å². The molecule has 15 heteroatoms. The number of hydrogen-bond donors (Lipinski definition) is 0. The summed E-state index contributed by atoms with van der Waals surface area (Å²) in [6, 6.07) is 0. The van der Waals surface area contributed by atoms with Gasteiger partial charge in [-0.2, -0.15) is 0 Å². The van der Waals surface area contributed by atoms with Gasteiger partial charge in [0.05, 0.1) is 6.16 Å². The van der Waals surface area contributed by atoms with Crippen LogP contribution in [0.5, 0.6) is 0 Å². The fourth-order valence-electron chi connectivity index (χ4n) is 3.03. The first-order valence-corrected chi connectivity index (χ1v) is 12.5. The van der Waals surface area contributed by atoms with E-state index in [0.29, 0.717) is 0 Å². The van der Waals surface area contributed by atoms with E-state index in [-0.39, 0.29) is 79.3 Å². The van der Waals surface area contributed by atoms with Crippen LogP contribution >= 0.6 is 7.60 Å². The van der Waals surface area contributed by atoms with Crippen LogP contribution in [-0.2, 0) is 43.0 Å². The van der Waals surface area contributed by atoms with Crippen molar-refractivity contribution in [2.75, 3.05) is 6.16 Å². The van der Waals surface area contributed by atoms with E-state index in [1.54, 1.807) is 6.92 Å². The van der Waals surface area contributed by atoms with Gasteiger partial charge in [-0.05, 0) is 33.1 Å². The summed E-state index contributed by atoms with van der Waals surface area (Å²) in [7, 11) is -3.88. The topological polar surface area (TPSA) is 192 Å². The van der Waals surface area contributed by atoms with E-state index in [9.17, 15) is 23.7 Å². The normalized spacial score (nSPS) is 12.7. The lowest BCUT2D eigenvalue weighted by Gasteiger charge is -2.21. The second-order valence-electron chi connectivity index (χ2n) is 7.95. The predicted octanol–water partition coefficient (Wildman–Crippen LogP) is 3.34. The molecule has 0 bridgehead atoms. The van der Waals surface area contributed by atoms with Crippen LogP contribution in [0.1, 0.15) is 54.3 Å². The van der Waals surface area contributed by atoms with Crippen molar-refractivity contribution in [3.05, 3.63) is 66.4 Å². The zero-order valence-corrected chi connectivity index (χ0v) is 20.9. The van der Waals surface area contributed by atoms with E-state index in [2.05, 4.69) is 0 Å². The Morgan fingerprint density at radius 3 is 1.56 bits per heavy atom. The van der Waals surface area contributed by atoms with Crippen LogP contribution in [0.15, 0.2) is 40.9 Å². The van der Waals surface area contributed by atoms with Gasteiger partial charge in [0.15, 0.2) is 29.6 Å². The van der Waals surface area contributed by atoms with Crippen molar-refractivity contribution in [3.63, 3.8) is 0 Å². The van der Waals surface area contributed by atoms with Gasteiger partial charge in [-0.15, -0.1) is 0 Å². The summed E-state index contributed by atoms with van der Waals surface area (Å²) in [5, 5.41) is 0. The first-order valence-electron chi connectivity index (χ1n) is 10.8. The van der Waals surface area contributed by atoms with E-state index >= 15 is 0 Å². The summed E-state index contributed by atoms with van der Waals surface area (Å²) in [6.45, 7) is 5.14. The van der Waals surface area contributed by atoms with Crippen molar-refractivity contribution in [1.29, 1.82) is 0 Å². The van der Waals surface area contributed by atoms with Gasteiger partial charge in [-0.3, -0.25) is 9.36 Å². The Morgan fingerprint density at radius 2 is 1.17 bits per heavy atom. The molecule has 3 heterocycles. The monoisotopic (exact) mass is 532 g/mol. The van der Waals surface area contributed by atoms with E-state index in [1.165, 1.54) is 20.8 Å². The maximum Gasteiger partial charge on any atom is 0.519 e. The summed E-state index contributed by atoms with van der Waals surface area (Å²) in [5.74, 6) is -2.99. The summed E-state index contributed by atoms with van der Waals surface area (Å²) in [4.78, 5) is 45.7. The zero-order valence-electron chi connectivity index (χ0n) is 20.0. The Kier molecular flexibility index (Phi) is 8.77. The largest absolute Gasteiger partial charge is 0.519 e. The van der Waals surface area contributed by atoms with Crippen LogP contribution in [0.4, 0.5) is 0 Å². The van der Waals surface area contributed by atoms with Gasteiger partial charge >= 0.3 is 31.0 Å². The smallest absolute Gasteiger partial charge is 0.457 e. The molecule has 0 aliphatic carbocycles. The van der Waals surface area contributed by atoms with Crippen LogP contribution in [0.3, 0.4) is 0 Å². The van der Waals surface area contributed by atoms with Gasteiger partial charge in [0.25, 0.3) is 0 Å². The average Bonchev–Trinajstić information content (AvgIpc) is 3.42. The van der Waals surface area contributed by atoms with Crippen molar-refractivity contribution < 1.29 is 49.6 Å². The molecule has 14 nitrogen and oxygen atoms in total. The minimum atomic E-state index is -3.88. The van der Waals surface area contributed by atoms with E-state index in [0.717, 1.165) is 0 Å². The molecule has 0 aliphatic heterocycles. The molecule has 0 radical (unpaired) electrons. The zero-order chi connectivity index (χ0) is 26.5. The Bertz CT molecular complexity index is 1330. The van der Waals surface area contributed by atoms with Gasteiger partial charge in [-0.1, -0.05) is 6.92 Å². The van der Waals surface area contributed by atoms with Gasteiger partial charge in [0.1, 0.15) is 24.7 Å². The second kappa shape index (κ2) is 11.6. The van der Waals surface area contributed by atoms with Crippen molar-refractivity contribution in [3.8, 4) is 0 Å². The standard InChI is InChI=1S/C21H25O14P/c1-11(5-6-18(22)27-7-15-12(2)30-19(23)33-15)10-36(26,28-8-16-13(3)31-20(24)34-16)29-9-17-14(4)32-21(25)35-17/h11H,5-10H2,1-4H3. The number of aryl methyl sites for hydroxylation is 3. The highest BCUT2D eigenvalue weighted by Gasteiger charge is 2.30. The van der Waals surface area contributed by atoms with Crippen LogP contribution < -0.4 is 17.5 Å². The van der Waals surface area contributed by atoms with E-state index in [1.807, 2.05) is 0 Å². The van der Waals surface area contributed by atoms with Crippen molar-refractivity contribution in [1.82, 2.24) is 0 Å². The van der Waals surface area contributed by atoms with Crippen LogP contribution in [-0.4, -0.2) is 12.1 Å². The molecule has 0 fully saturated rings.